The monoisotopic (exact) mass is 485 g/mol. The van der Waals surface area contributed by atoms with Crippen LogP contribution in [0.2, 0.25) is 0 Å². The van der Waals surface area contributed by atoms with Crippen LogP contribution in [0.1, 0.15) is 23.6 Å². The first-order valence-electron chi connectivity index (χ1n) is 12.0. The van der Waals surface area contributed by atoms with Gasteiger partial charge < -0.3 is 24.1 Å². The van der Waals surface area contributed by atoms with E-state index in [1.54, 1.807) is 0 Å². The Balaban J connectivity index is 1.58. The van der Waals surface area contributed by atoms with Crippen molar-refractivity contribution in [3.63, 3.8) is 0 Å². The summed E-state index contributed by atoms with van der Waals surface area (Å²) >= 11 is 0. The predicted octanol–water partition coefficient (Wildman–Crippen LogP) is 5.50. The fourth-order valence-electron chi connectivity index (χ4n) is 4.43. The Labute approximate surface area is 212 Å². The van der Waals surface area contributed by atoms with Gasteiger partial charge in [0.1, 0.15) is 30.0 Å². The molecule has 4 rings (SSSR count). The minimum absolute atomic E-state index is 0.0735. The van der Waals surface area contributed by atoms with Gasteiger partial charge in [0, 0.05) is 0 Å². The Morgan fingerprint density at radius 1 is 0.889 bits per heavy atom. The summed E-state index contributed by atoms with van der Waals surface area (Å²) in [7, 11) is 0. The highest BCUT2D eigenvalue weighted by atomic mass is 16.6. The van der Waals surface area contributed by atoms with Gasteiger partial charge in [-0.2, -0.15) is 5.26 Å². The van der Waals surface area contributed by atoms with E-state index < -0.39 is 23.9 Å². The van der Waals surface area contributed by atoms with Crippen LogP contribution in [0.15, 0.2) is 103 Å². The Morgan fingerprint density at radius 2 is 1.42 bits per heavy atom. The summed E-state index contributed by atoms with van der Waals surface area (Å²) in [4.78, 5) is 0. The molecule has 1 aliphatic rings. The lowest BCUT2D eigenvalue weighted by Crippen LogP contribution is -2.50. The fourth-order valence-corrected chi connectivity index (χ4v) is 4.43. The van der Waals surface area contributed by atoms with E-state index in [0.717, 1.165) is 23.0 Å². The van der Waals surface area contributed by atoms with E-state index in [2.05, 4.69) is 6.07 Å². The average Bonchev–Trinajstić information content (AvgIpc) is 3.20. The minimum atomic E-state index is -1.06. The lowest BCUT2D eigenvalue weighted by atomic mass is 9.88. The van der Waals surface area contributed by atoms with E-state index in [1.165, 1.54) is 0 Å². The smallest absolute Gasteiger partial charge is 0.127 e. The Bertz CT molecular complexity index is 1150. The number of aliphatic hydroxyl groups is 1. The van der Waals surface area contributed by atoms with Crippen LogP contribution in [0.25, 0.3) is 0 Å². The molecule has 36 heavy (non-hydrogen) atoms. The quantitative estimate of drug-likeness (QED) is 0.285. The van der Waals surface area contributed by atoms with Gasteiger partial charge in [0.2, 0.25) is 0 Å². The van der Waals surface area contributed by atoms with Gasteiger partial charge in [-0.25, -0.2) is 0 Å². The largest absolute Gasteiger partial charge is 0.514 e. The van der Waals surface area contributed by atoms with E-state index in [0.29, 0.717) is 19.8 Å². The molecule has 1 N–H and O–H groups in total. The van der Waals surface area contributed by atoms with Crippen LogP contribution in [0, 0.1) is 11.3 Å². The maximum absolute atomic E-state index is 9.82. The summed E-state index contributed by atoms with van der Waals surface area (Å²) in [6, 6.07) is 31.6. The maximum Gasteiger partial charge on any atom is 0.127 e. The van der Waals surface area contributed by atoms with Crippen molar-refractivity contribution in [3.8, 4) is 6.07 Å². The second kappa shape index (κ2) is 12.5. The second-order valence-corrected chi connectivity index (χ2v) is 8.93. The van der Waals surface area contributed by atoms with Crippen LogP contribution in [-0.2, 0) is 38.8 Å². The van der Waals surface area contributed by atoms with Gasteiger partial charge in [-0.15, -0.1) is 0 Å². The van der Waals surface area contributed by atoms with Crippen LogP contribution in [0.4, 0.5) is 0 Å². The molecule has 1 saturated heterocycles. The molecule has 3 aromatic rings. The molecule has 1 fully saturated rings. The molecule has 6 heteroatoms. The summed E-state index contributed by atoms with van der Waals surface area (Å²) in [5.74, 6) is 0. The van der Waals surface area contributed by atoms with E-state index in [-0.39, 0.29) is 12.2 Å². The van der Waals surface area contributed by atoms with Gasteiger partial charge in [0.25, 0.3) is 0 Å². The number of rotatable bonds is 11. The van der Waals surface area contributed by atoms with Crippen LogP contribution in [0.5, 0.6) is 0 Å². The molecule has 0 saturated carbocycles. The molecule has 0 bridgehead atoms. The fraction of sp³-hybridized carbons (Fsp3) is 0.300. The second-order valence-electron chi connectivity index (χ2n) is 8.93. The number of hydrogen-bond donors (Lipinski definition) is 1. The summed E-state index contributed by atoms with van der Waals surface area (Å²) in [6.07, 6.45) is -1.13. The molecule has 1 heterocycles. The highest BCUT2D eigenvalue weighted by Gasteiger charge is 2.57. The molecule has 0 spiro atoms. The summed E-state index contributed by atoms with van der Waals surface area (Å²) in [5, 5.41) is 19.5. The third kappa shape index (κ3) is 6.20. The van der Waals surface area contributed by atoms with Crippen molar-refractivity contribution < 1.29 is 24.1 Å². The maximum atomic E-state index is 9.82. The number of hydrogen-bond acceptors (Lipinski definition) is 6. The first-order valence-corrected chi connectivity index (χ1v) is 12.0. The van der Waals surface area contributed by atoms with Crippen molar-refractivity contribution in [1.82, 2.24) is 0 Å². The Morgan fingerprint density at radius 3 is 1.94 bits per heavy atom. The van der Waals surface area contributed by atoms with Gasteiger partial charge in [0.05, 0.1) is 38.3 Å². The van der Waals surface area contributed by atoms with Crippen LogP contribution in [0.3, 0.4) is 0 Å². The molecule has 6 nitrogen and oxygen atoms in total. The third-order valence-electron chi connectivity index (χ3n) is 6.34. The van der Waals surface area contributed by atoms with Gasteiger partial charge in [-0.05, 0) is 23.6 Å². The highest BCUT2D eigenvalue weighted by molar-refractivity contribution is 5.30. The lowest BCUT2D eigenvalue weighted by molar-refractivity contribution is -0.142. The van der Waals surface area contributed by atoms with Gasteiger partial charge >= 0.3 is 0 Å². The van der Waals surface area contributed by atoms with E-state index in [1.807, 2.05) is 97.9 Å². The molecular weight excluding hydrogens is 454 g/mol. The lowest BCUT2D eigenvalue weighted by Gasteiger charge is -2.35. The predicted molar refractivity (Wildman–Crippen MR) is 136 cm³/mol. The first-order chi connectivity index (χ1) is 17.6. The Kier molecular flexibility index (Phi) is 8.88. The van der Waals surface area contributed by atoms with E-state index >= 15 is 0 Å². The molecule has 1 unspecified atom stereocenters. The van der Waals surface area contributed by atoms with E-state index in [9.17, 15) is 10.4 Å². The zero-order chi connectivity index (χ0) is 25.2. The van der Waals surface area contributed by atoms with Crippen LogP contribution in [-0.4, -0.2) is 35.6 Å². The van der Waals surface area contributed by atoms with Gasteiger partial charge in [0.15, 0.2) is 0 Å². The average molecular weight is 486 g/mol. The number of ether oxygens (including phenoxy) is 4. The molecule has 0 aliphatic carbocycles. The topological polar surface area (TPSA) is 80.9 Å². The SMILES string of the molecule is C[C@]1(OCc2ccccc2)C(C(C#N)=CO)O[C@H](COCc2ccccc2)[C@H]1OCc1ccccc1. The van der Waals surface area contributed by atoms with Crippen molar-refractivity contribution in [1.29, 1.82) is 5.26 Å². The zero-order valence-electron chi connectivity index (χ0n) is 20.3. The van der Waals surface area contributed by atoms with E-state index in [4.69, 9.17) is 18.9 Å². The van der Waals surface area contributed by atoms with Crippen molar-refractivity contribution in [2.75, 3.05) is 6.61 Å². The number of nitriles is 1. The molecule has 0 amide bonds. The normalized spacial score (nSPS) is 23.9. The number of benzene rings is 3. The standard InChI is InChI=1S/C30H31NO5/c1-30(35-21-25-15-9-4-10-16-25)28(26(17-31)18-32)36-27(22-33-19-23-11-5-2-6-12-23)29(30)34-20-24-13-7-3-8-14-24/h2-16,18,27-29,32H,19-22H2,1H3/t27-,28?,29-,30+/m1/s1. The van der Waals surface area contributed by atoms with Crippen LogP contribution >= 0.6 is 0 Å². The third-order valence-corrected chi connectivity index (χ3v) is 6.34. The Hall–Kier alpha value is -3.47. The van der Waals surface area contributed by atoms with Crippen molar-refractivity contribution >= 4 is 0 Å². The molecule has 0 aromatic heterocycles. The minimum Gasteiger partial charge on any atom is -0.514 e. The summed E-state index contributed by atoms with van der Waals surface area (Å²) in [6.45, 7) is 3.16. The number of aliphatic hydroxyl groups excluding tert-OH is 1. The molecule has 1 aliphatic heterocycles. The molecule has 4 atom stereocenters. The van der Waals surface area contributed by atoms with Gasteiger partial charge in [-0.1, -0.05) is 91.0 Å². The first kappa shape index (κ1) is 25.6. The molecular formula is C30H31NO5. The van der Waals surface area contributed by atoms with Crippen LogP contribution < -0.4 is 0 Å². The van der Waals surface area contributed by atoms with Gasteiger partial charge in [-0.3, -0.25) is 0 Å². The molecule has 186 valence electrons. The molecule has 3 aromatic carbocycles. The van der Waals surface area contributed by atoms with Crippen molar-refractivity contribution in [2.45, 2.75) is 50.7 Å². The summed E-state index contributed by atoms with van der Waals surface area (Å²) < 4.78 is 25.2. The zero-order valence-corrected chi connectivity index (χ0v) is 20.3. The highest BCUT2D eigenvalue weighted by Crippen LogP contribution is 2.41. The van der Waals surface area contributed by atoms with Crippen molar-refractivity contribution in [2.24, 2.45) is 0 Å². The molecule has 0 radical (unpaired) electrons. The summed E-state index contributed by atoms with van der Waals surface area (Å²) in [5.41, 5.74) is 2.05. The number of nitrogens with zero attached hydrogens (tertiary/aromatic N) is 1. The van der Waals surface area contributed by atoms with Crippen molar-refractivity contribution in [3.05, 3.63) is 120 Å².